The smallest absolute Gasteiger partial charge is 0.0406 e. The minimum atomic E-state index is 0.778. The largest absolute Gasteiger partial charge is 0.127 e. The van der Waals surface area contributed by atoms with Crippen molar-refractivity contribution in [3.05, 3.63) is 34.9 Å². The Kier molecular flexibility index (Phi) is 5.26. The van der Waals surface area contributed by atoms with E-state index in [2.05, 4.69) is 12.1 Å². The zero-order valence-electron chi connectivity index (χ0n) is 7.60. The molecule has 0 aliphatic carbocycles. The maximum atomic E-state index is 5.78. The van der Waals surface area contributed by atoms with Crippen LogP contribution in [0, 0.1) is 0 Å². The summed E-state index contributed by atoms with van der Waals surface area (Å²) in [5.74, 6) is 0.778. The number of alkyl halides is 1. The van der Waals surface area contributed by atoms with Gasteiger partial charge < -0.3 is 0 Å². The highest BCUT2D eigenvalue weighted by molar-refractivity contribution is 6.30. The summed E-state index contributed by atoms with van der Waals surface area (Å²) in [4.78, 5) is 0. The number of benzene rings is 1. The minimum Gasteiger partial charge on any atom is -0.127 e. The maximum Gasteiger partial charge on any atom is 0.0406 e. The molecule has 13 heavy (non-hydrogen) atoms. The van der Waals surface area contributed by atoms with Crippen molar-refractivity contribution in [1.82, 2.24) is 0 Å². The highest BCUT2D eigenvalue weighted by Gasteiger charge is 1.93. The average Bonchev–Trinajstić information content (AvgIpc) is 2.15. The Labute approximate surface area is 89.9 Å². The minimum absolute atomic E-state index is 0.778. The fraction of sp³-hybridized carbons (Fsp3) is 0.455. The lowest BCUT2D eigenvalue weighted by molar-refractivity contribution is 0.720. The summed E-state index contributed by atoms with van der Waals surface area (Å²) in [6.07, 6.45) is 4.68. The standard InChI is InChI=1S/C11H14Cl2/c12-9-3-1-2-4-10-5-7-11(13)8-6-10/h5-8H,1-4,9H2. The topological polar surface area (TPSA) is 0 Å². The van der Waals surface area contributed by atoms with Crippen LogP contribution in [0.3, 0.4) is 0 Å². The van der Waals surface area contributed by atoms with Crippen molar-refractivity contribution in [2.45, 2.75) is 25.7 Å². The number of halogens is 2. The normalized spacial score (nSPS) is 10.3. The van der Waals surface area contributed by atoms with E-state index in [4.69, 9.17) is 23.2 Å². The molecule has 0 aliphatic rings. The second kappa shape index (κ2) is 6.28. The molecule has 72 valence electrons. The van der Waals surface area contributed by atoms with Crippen LogP contribution in [0.4, 0.5) is 0 Å². The summed E-state index contributed by atoms with van der Waals surface area (Å²) < 4.78 is 0. The van der Waals surface area contributed by atoms with Crippen LogP contribution in [0.2, 0.25) is 5.02 Å². The van der Waals surface area contributed by atoms with Crippen molar-refractivity contribution in [3.63, 3.8) is 0 Å². The van der Waals surface area contributed by atoms with Crippen LogP contribution in [0.5, 0.6) is 0 Å². The van der Waals surface area contributed by atoms with Crippen LogP contribution in [-0.4, -0.2) is 5.88 Å². The molecule has 0 heterocycles. The van der Waals surface area contributed by atoms with Gasteiger partial charge >= 0.3 is 0 Å². The van der Waals surface area contributed by atoms with E-state index in [9.17, 15) is 0 Å². The van der Waals surface area contributed by atoms with E-state index in [1.54, 1.807) is 0 Å². The molecule has 0 bridgehead atoms. The fourth-order valence-electron chi connectivity index (χ4n) is 1.25. The molecule has 0 nitrogen and oxygen atoms in total. The highest BCUT2D eigenvalue weighted by Crippen LogP contribution is 2.12. The van der Waals surface area contributed by atoms with Crippen molar-refractivity contribution in [3.8, 4) is 0 Å². The van der Waals surface area contributed by atoms with E-state index in [0.29, 0.717) is 0 Å². The van der Waals surface area contributed by atoms with E-state index < -0.39 is 0 Å². The summed E-state index contributed by atoms with van der Waals surface area (Å²) in [7, 11) is 0. The number of rotatable bonds is 5. The molecule has 0 amide bonds. The Balaban J connectivity index is 2.25. The second-order valence-electron chi connectivity index (χ2n) is 3.13. The van der Waals surface area contributed by atoms with Gasteiger partial charge in [0.05, 0.1) is 0 Å². The number of unbranched alkanes of at least 4 members (excludes halogenated alkanes) is 2. The highest BCUT2D eigenvalue weighted by atomic mass is 35.5. The third-order valence-electron chi connectivity index (χ3n) is 2.01. The third kappa shape index (κ3) is 4.54. The molecule has 1 aromatic rings. The summed E-state index contributed by atoms with van der Waals surface area (Å²) in [5.41, 5.74) is 1.36. The van der Waals surface area contributed by atoms with Gasteiger partial charge in [0.1, 0.15) is 0 Å². The molecular weight excluding hydrogens is 203 g/mol. The molecule has 1 aromatic carbocycles. The molecule has 0 N–H and O–H groups in total. The van der Waals surface area contributed by atoms with Crippen molar-refractivity contribution in [2.24, 2.45) is 0 Å². The Bertz CT molecular complexity index is 228. The van der Waals surface area contributed by atoms with E-state index in [0.717, 1.165) is 23.7 Å². The van der Waals surface area contributed by atoms with Crippen LogP contribution >= 0.6 is 23.2 Å². The van der Waals surface area contributed by atoms with Crippen molar-refractivity contribution >= 4 is 23.2 Å². The maximum absolute atomic E-state index is 5.78. The van der Waals surface area contributed by atoms with Gasteiger partial charge in [-0.25, -0.2) is 0 Å². The second-order valence-corrected chi connectivity index (χ2v) is 3.94. The van der Waals surface area contributed by atoms with Crippen LogP contribution in [-0.2, 0) is 6.42 Å². The first-order valence-corrected chi connectivity index (χ1v) is 5.54. The van der Waals surface area contributed by atoms with Gasteiger partial charge in [-0.05, 0) is 37.0 Å². The Morgan fingerprint density at radius 2 is 1.62 bits per heavy atom. The predicted octanol–water partition coefficient (Wildman–Crippen LogP) is 4.29. The van der Waals surface area contributed by atoms with E-state index >= 15 is 0 Å². The van der Waals surface area contributed by atoms with E-state index in [-0.39, 0.29) is 0 Å². The Morgan fingerprint density at radius 3 is 2.23 bits per heavy atom. The number of hydrogen-bond acceptors (Lipinski definition) is 0. The molecule has 0 radical (unpaired) electrons. The van der Waals surface area contributed by atoms with E-state index in [1.165, 1.54) is 18.4 Å². The van der Waals surface area contributed by atoms with Gasteiger partial charge in [-0.1, -0.05) is 30.2 Å². The molecule has 1 rings (SSSR count). The predicted molar refractivity (Wildman–Crippen MR) is 59.7 cm³/mol. The quantitative estimate of drug-likeness (QED) is 0.509. The van der Waals surface area contributed by atoms with Crippen molar-refractivity contribution in [2.75, 3.05) is 5.88 Å². The van der Waals surface area contributed by atoms with Gasteiger partial charge in [0, 0.05) is 10.9 Å². The van der Waals surface area contributed by atoms with Gasteiger partial charge in [-0.3, -0.25) is 0 Å². The third-order valence-corrected chi connectivity index (χ3v) is 2.53. The summed E-state index contributed by atoms with van der Waals surface area (Å²) in [6, 6.07) is 8.06. The first kappa shape index (κ1) is 10.9. The van der Waals surface area contributed by atoms with Crippen molar-refractivity contribution in [1.29, 1.82) is 0 Å². The molecular formula is C11H14Cl2. The fourth-order valence-corrected chi connectivity index (χ4v) is 1.57. The average molecular weight is 217 g/mol. The molecule has 0 fully saturated rings. The molecule has 0 saturated carbocycles. The molecule has 0 saturated heterocycles. The lowest BCUT2D eigenvalue weighted by atomic mass is 10.1. The number of aryl methyl sites for hydroxylation is 1. The van der Waals surface area contributed by atoms with Crippen LogP contribution in [0.15, 0.2) is 24.3 Å². The van der Waals surface area contributed by atoms with E-state index in [1.807, 2.05) is 12.1 Å². The van der Waals surface area contributed by atoms with Gasteiger partial charge in [0.25, 0.3) is 0 Å². The summed E-state index contributed by atoms with van der Waals surface area (Å²) >= 11 is 11.4. The molecule has 2 heteroatoms. The summed E-state index contributed by atoms with van der Waals surface area (Å²) in [5, 5.41) is 0.810. The molecule has 0 atom stereocenters. The Morgan fingerprint density at radius 1 is 0.923 bits per heavy atom. The lowest BCUT2D eigenvalue weighted by Crippen LogP contribution is -1.85. The summed E-state index contributed by atoms with van der Waals surface area (Å²) in [6.45, 7) is 0. The monoisotopic (exact) mass is 216 g/mol. The van der Waals surface area contributed by atoms with Gasteiger partial charge in [0.2, 0.25) is 0 Å². The Hall–Kier alpha value is -0.200. The molecule has 0 spiro atoms. The van der Waals surface area contributed by atoms with Gasteiger partial charge in [-0.15, -0.1) is 11.6 Å². The SMILES string of the molecule is ClCCCCCc1ccc(Cl)cc1. The van der Waals surface area contributed by atoms with Crippen LogP contribution < -0.4 is 0 Å². The number of hydrogen-bond donors (Lipinski definition) is 0. The van der Waals surface area contributed by atoms with Crippen molar-refractivity contribution < 1.29 is 0 Å². The van der Waals surface area contributed by atoms with Gasteiger partial charge in [-0.2, -0.15) is 0 Å². The first-order chi connectivity index (χ1) is 6.33. The molecule has 0 aromatic heterocycles. The zero-order valence-corrected chi connectivity index (χ0v) is 9.11. The lowest BCUT2D eigenvalue weighted by Gasteiger charge is -2.00. The first-order valence-electron chi connectivity index (χ1n) is 4.63. The van der Waals surface area contributed by atoms with Crippen LogP contribution in [0.25, 0.3) is 0 Å². The zero-order chi connectivity index (χ0) is 9.52. The van der Waals surface area contributed by atoms with Gasteiger partial charge in [0.15, 0.2) is 0 Å². The molecule has 0 aliphatic heterocycles. The van der Waals surface area contributed by atoms with Crippen LogP contribution in [0.1, 0.15) is 24.8 Å². The molecule has 0 unspecified atom stereocenters.